The minimum Gasteiger partial charge on any atom is -0.467 e. The molecule has 0 aliphatic heterocycles. The topological polar surface area (TPSA) is 179 Å². The van der Waals surface area contributed by atoms with Gasteiger partial charge in [-0.15, -0.1) is 12.6 Å². The lowest BCUT2D eigenvalue weighted by Gasteiger charge is -2.28. The highest BCUT2D eigenvalue weighted by atomic mass is 32.2. The van der Waals surface area contributed by atoms with Crippen LogP contribution < -0.4 is 24.9 Å². The predicted molar refractivity (Wildman–Crippen MR) is 104 cm³/mol. The summed E-state index contributed by atoms with van der Waals surface area (Å²) in [7, 11) is -0.0680. The molecule has 0 aliphatic carbocycles. The van der Waals surface area contributed by atoms with Crippen LogP contribution in [0.2, 0.25) is 0 Å². The Balaban J connectivity index is 2.53. The zero-order valence-electron chi connectivity index (χ0n) is 15.9. The lowest BCUT2D eigenvalue weighted by molar-refractivity contribution is 0.241. The lowest BCUT2D eigenvalue weighted by Crippen LogP contribution is -2.46. The normalized spacial score (nSPS) is 11.3. The molecular weight excluding hydrogens is 426 g/mol. The van der Waals surface area contributed by atoms with Crippen LogP contribution in [0.25, 0.3) is 0 Å². The van der Waals surface area contributed by atoms with Crippen LogP contribution in [0.1, 0.15) is 5.82 Å². The van der Waals surface area contributed by atoms with E-state index in [0.29, 0.717) is 5.82 Å². The Bertz CT molecular complexity index is 1000. The molecule has 2 rings (SSSR count). The fraction of sp³-hybridized carbons (Fsp3) is 0.385. The highest BCUT2D eigenvalue weighted by Crippen LogP contribution is 2.30. The predicted octanol–water partition coefficient (Wildman–Crippen LogP) is -0.593. The Kier molecular flexibility index (Phi) is 7.07. The summed E-state index contributed by atoms with van der Waals surface area (Å²) >= 11 is 3.88. The first kappa shape index (κ1) is 22.5. The average molecular weight is 445 g/mol. The molecule has 0 saturated carbocycles. The molecule has 3 N–H and O–H groups in total. The number of sulfonamides is 1. The molecule has 0 aliphatic rings. The van der Waals surface area contributed by atoms with Gasteiger partial charge in [0, 0.05) is 14.1 Å². The number of methoxy groups -OCH3 is 1. The van der Waals surface area contributed by atoms with Gasteiger partial charge < -0.3 is 9.47 Å². The molecule has 0 aromatic carbocycles. The van der Waals surface area contributed by atoms with Crippen LogP contribution in [0.4, 0.5) is 16.6 Å². The molecule has 2 amide bonds. The van der Waals surface area contributed by atoms with Crippen molar-refractivity contribution < 1.29 is 22.7 Å². The molecule has 2 aromatic rings. The van der Waals surface area contributed by atoms with E-state index in [0.717, 1.165) is 11.3 Å². The number of ether oxygens (including phenoxy) is 2. The van der Waals surface area contributed by atoms with E-state index in [9.17, 15) is 13.2 Å². The monoisotopic (exact) mass is 445 g/mol. The summed E-state index contributed by atoms with van der Waals surface area (Å²) in [5.74, 6) is -0.717. The number of primary sulfonamides is 1. The number of hydrogen-bond donors (Lipinski definition) is 3. The summed E-state index contributed by atoms with van der Waals surface area (Å²) in [6, 6.07) is -0.857. The molecule has 16 heteroatoms. The molecule has 0 atom stereocenters. The van der Waals surface area contributed by atoms with Crippen molar-refractivity contribution in [2.45, 2.75) is 11.8 Å². The number of carbonyl (C=O) groups excluding carboxylic acids is 1. The van der Waals surface area contributed by atoms with E-state index >= 15 is 0 Å². The molecule has 2 heterocycles. The average Bonchev–Trinajstić information content (AvgIpc) is 2.60. The Morgan fingerprint density at radius 1 is 1.28 bits per heavy atom. The van der Waals surface area contributed by atoms with Crippen LogP contribution in [0, 0.1) is 6.92 Å². The van der Waals surface area contributed by atoms with Crippen molar-refractivity contribution in [3.63, 3.8) is 0 Å². The highest BCUT2D eigenvalue weighted by molar-refractivity contribution is 7.89. The number of aromatic nitrogens is 5. The van der Waals surface area contributed by atoms with Crippen molar-refractivity contribution in [2.24, 2.45) is 5.14 Å². The zero-order chi connectivity index (χ0) is 21.8. The highest BCUT2D eigenvalue weighted by Gasteiger charge is 2.31. The van der Waals surface area contributed by atoms with E-state index in [4.69, 9.17) is 14.6 Å². The first-order chi connectivity index (χ1) is 13.6. The number of nitrogens with one attached hydrogen (secondary N) is 1. The van der Waals surface area contributed by atoms with Gasteiger partial charge >= 0.3 is 12.0 Å². The second kappa shape index (κ2) is 9.12. The number of carbonyl (C=O) groups is 1. The summed E-state index contributed by atoms with van der Waals surface area (Å²) in [5, 5.41) is 9.87. The Labute approximate surface area is 171 Å². The Hall–Kier alpha value is -2.82. The molecule has 29 heavy (non-hydrogen) atoms. The molecule has 0 saturated heterocycles. The van der Waals surface area contributed by atoms with Crippen molar-refractivity contribution in [1.29, 1.82) is 0 Å². The molecule has 0 spiro atoms. The summed E-state index contributed by atoms with van der Waals surface area (Å²) < 4.78 is 34.3. The molecule has 0 unspecified atom stereocenters. The number of hydrogen-bond acceptors (Lipinski definition) is 12. The van der Waals surface area contributed by atoms with Gasteiger partial charge in [0.1, 0.15) is 18.1 Å². The van der Waals surface area contributed by atoms with Crippen LogP contribution in [-0.2, 0) is 10.0 Å². The number of hydrazine groups is 1. The number of thiol groups is 1. The van der Waals surface area contributed by atoms with E-state index < -0.39 is 20.9 Å². The maximum atomic E-state index is 12.9. The molecule has 0 bridgehead atoms. The van der Waals surface area contributed by atoms with E-state index in [1.165, 1.54) is 26.2 Å². The fourth-order valence-electron chi connectivity index (χ4n) is 2.13. The van der Waals surface area contributed by atoms with Gasteiger partial charge in [-0.1, -0.05) is 0 Å². The van der Waals surface area contributed by atoms with E-state index in [1.807, 2.05) is 0 Å². The maximum absolute atomic E-state index is 12.9. The molecular formula is C13H19N9O5S2. The van der Waals surface area contributed by atoms with Crippen LogP contribution in [0.5, 0.6) is 11.9 Å². The largest absolute Gasteiger partial charge is 0.467 e. The van der Waals surface area contributed by atoms with Crippen molar-refractivity contribution in [3.8, 4) is 11.9 Å². The van der Waals surface area contributed by atoms with Crippen molar-refractivity contribution in [1.82, 2.24) is 29.9 Å². The molecule has 0 fully saturated rings. The van der Waals surface area contributed by atoms with Crippen molar-refractivity contribution in [2.75, 3.05) is 37.5 Å². The third kappa shape index (κ3) is 5.37. The molecule has 14 nitrogen and oxygen atoms in total. The maximum Gasteiger partial charge on any atom is 0.344 e. The number of rotatable bonds is 7. The van der Waals surface area contributed by atoms with E-state index in [-0.39, 0.29) is 29.6 Å². The first-order valence-corrected chi connectivity index (χ1v) is 9.92. The van der Waals surface area contributed by atoms with Gasteiger partial charge in [-0.05, 0) is 6.92 Å². The van der Waals surface area contributed by atoms with Crippen molar-refractivity contribution >= 4 is 40.4 Å². The fourth-order valence-corrected chi connectivity index (χ4v) is 3.00. The van der Waals surface area contributed by atoms with Crippen molar-refractivity contribution in [3.05, 3.63) is 12.2 Å². The van der Waals surface area contributed by atoms with Gasteiger partial charge in [-0.3, -0.25) is 5.32 Å². The Morgan fingerprint density at radius 3 is 2.52 bits per heavy atom. The second-order valence-electron chi connectivity index (χ2n) is 5.43. The van der Waals surface area contributed by atoms with Gasteiger partial charge in [0.05, 0.1) is 7.11 Å². The second-order valence-corrected chi connectivity index (χ2v) is 7.19. The van der Waals surface area contributed by atoms with E-state index in [1.54, 1.807) is 6.92 Å². The molecule has 0 radical (unpaired) electrons. The summed E-state index contributed by atoms with van der Waals surface area (Å²) in [6.45, 7) is 1.58. The zero-order valence-corrected chi connectivity index (χ0v) is 17.6. The third-order valence-electron chi connectivity index (χ3n) is 3.16. The number of aryl methyl sites for hydroxylation is 1. The van der Waals surface area contributed by atoms with Gasteiger partial charge in [0.25, 0.3) is 0 Å². The minimum atomic E-state index is -4.38. The SMILES string of the molecule is COc1nc(C)nc(NC(=O)N(c2ncnc(OCS)c2S(N)(=O)=O)N(C)C)n1. The number of nitrogens with zero attached hydrogens (tertiary/aromatic N) is 7. The van der Waals surface area contributed by atoms with Gasteiger partial charge in [0.15, 0.2) is 10.7 Å². The third-order valence-corrected chi connectivity index (χ3v) is 4.21. The summed E-state index contributed by atoms with van der Waals surface area (Å²) in [5.41, 5.74) is 0. The number of amides is 2. The van der Waals surface area contributed by atoms with Gasteiger partial charge in [-0.25, -0.2) is 38.3 Å². The van der Waals surface area contributed by atoms with Crippen LogP contribution in [0.15, 0.2) is 11.2 Å². The summed E-state index contributed by atoms with van der Waals surface area (Å²) in [4.78, 5) is 31.8. The summed E-state index contributed by atoms with van der Waals surface area (Å²) in [6.07, 6.45) is 1.02. The Morgan fingerprint density at radius 2 is 1.97 bits per heavy atom. The smallest absolute Gasteiger partial charge is 0.344 e. The first-order valence-electron chi connectivity index (χ1n) is 7.75. The standard InChI is InChI=1S/C13H19N9O5S2/c1-7-17-11(19-12(18-7)26-4)20-13(23)22(21(2)3)9-8(29(14,24)25)10(27-6-28)16-5-15-9/h5,28H,6H2,1-4H3,(H2,14,24,25)(H,17,18,19,20,23). The molecule has 2 aromatic heterocycles. The minimum absolute atomic E-state index is 0.0130. The quantitative estimate of drug-likeness (QED) is 0.282. The van der Waals surface area contributed by atoms with Gasteiger partial charge in [-0.2, -0.15) is 15.0 Å². The van der Waals surface area contributed by atoms with E-state index in [2.05, 4.69) is 42.9 Å². The molecule has 158 valence electrons. The number of nitrogens with two attached hydrogens (primary N) is 1. The van der Waals surface area contributed by atoms with Crippen LogP contribution >= 0.6 is 12.6 Å². The van der Waals surface area contributed by atoms with Crippen LogP contribution in [-0.4, -0.2) is 71.5 Å². The number of urea groups is 1. The number of anilines is 2. The van der Waals surface area contributed by atoms with Crippen LogP contribution in [0.3, 0.4) is 0 Å². The lowest BCUT2D eigenvalue weighted by atomic mass is 10.5. The van der Waals surface area contributed by atoms with Gasteiger partial charge in [0.2, 0.25) is 21.9 Å².